The Labute approximate surface area is 101 Å². The van der Waals surface area contributed by atoms with Crippen molar-refractivity contribution in [1.82, 2.24) is 10.2 Å². The van der Waals surface area contributed by atoms with E-state index in [0.717, 1.165) is 26.2 Å². The third kappa shape index (κ3) is 2.75. The van der Waals surface area contributed by atoms with Gasteiger partial charge in [0.25, 0.3) is 0 Å². The molecule has 0 bridgehead atoms. The second kappa shape index (κ2) is 5.34. The summed E-state index contributed by atoms with van der Waals surface area (Å²) in [5.41, 5.74) is 1.21. The van der Waals surface area contributed by atoms with Crippen LogP contribution in [-0.2, 0) is 4.79 Å². The number of nitrogens with zero attached hydrogens (tertiary/aromatic N) is 2. The van der Waals surface area contributed by atoms with Crippen LogP contribution in [0.2, 0.25) is 0 Å². The molecule has 1 aromatic rings. The number of carbonyl (C=O) groups excluding carboxylic acids is 1. The molecule has 1 heterocycles. The predicted molar refractivity (Wildman–Crippen MR) is 67.2 cm³/mol. The molecule has 2 N–H and O–H groups in total. The van der Waals surface area contributed by atoms with Crippen LogP contribution < -0.4 is 10.2 Å². The van der Waals surface area contributed by atoms with Gasteiger partial charge >= 0.3 is 0 Å². The van der Waals surface area contributed by atoms with Crippen LogP contribution >= 0.6 is 0 Å². The highest BCUT2D eigenvalue weighted by molar-refractivity contribution is 5.86. The Hall–Kier alpha value is -2.04. The first-order chi connectivity index (χ1) is 8.31. The molecule has 0 saturated carbocycles. The zero-order valence-corrected chi connectivity index (χ0v) is 9.60. The number of hydrogen-bond acceptors (Lipinski definition) is 3. The first-order valence-corrected chi connectivity index (χ1v) is 5.65. The van der Waals surface area contributed by atoms with Crippen molar-refractivity contribution in [3.63, 3.8) is 0 Å². The van der Waals surface area contributed by atoms with E-state index >= 15 is 0 Å². The maximum absolute atomic E-state index is 10.3. The van der Waals surface area contributed by atoms with Crippen LogP contribution in [0.25, 0.3) is 0 Å². The highest BCUT2D eigenvalue weighted by Gasteiger charge is 2.18. The Morgan fingerprint density at radius 2 is 1.82 bits per heavy atom. The summed E-state index contributed by atoms with van der Waals surface area (Å²) < 4.78 is 0. The number of piperazine rings is 1. The molecular weight excluding hydrogens is 216 g/mol. The van der Waals surface area contributed by atoms with E-state index in [1.165, 1.54) is 5.69 Å². The molecule has 0 aliphatic carbocycles. The minimum absolute atomic E-state index is 0.188. The van der Waals surface area contributed by atoms with Crippen molar-refractivity contribution < 1.29 is 4.79 Å². The molecule has 0 atom stereocenters. The molecule has 1 aromatic carbocycles. The molecule has 0 unspecified atom stereocenters. The molecule has 1 amide bonds. The minimum Gasteiger partial charge on any atom is -0.368 e. The highest BCUT2D eigenvalue weighted by atomic mass is 16.1. The fourth-order valence-electron chi connectivity index (χ4n) is 1.97. The molecule has 5 heteroatoms. The topological polar surface area (TPSA) is 59.4 Å². The van der Waals surface area contributed by atoms with E-state index in [2.05, 4.69) is 22.3 Å². The SMILES string of the molecule is N=C(NC=O)N1CCN(c2ccccc2)CC1. The zero-order valence-electron chi connectivity index (χ0n) is 9.60. The fourth-order valence-corrected chi connectivity index (χ4v) is 1.97. The first kappa shape index (κ1) is 11.4. The monoisotopic (exact) mass is 232 g/mol. The Bertz CT molecular complexity index is 385. The number of amides is 1. The number of carbonyl (C=O) groups is 1. The molecule has 1 aliphatic rings. The maximum atomic E-state index is 10.3. The van der Waals surface area contributed by atoms with Gasteiger partial charge in [-0.05, 0) is 12.1 Å². The summed E-state index contributed by atoms with van der Waals surface area (Å²) in [5, 5.41) is 10.00. The van der Waals surface area contributed by atoms with E-state index in [4.69, 9.17) is 5.41 Å². The van der Waals surface area contributed by atoms with Gasteiger partial charge in [0.15, 0.2) is 5.96 Å². The molecule has 1 aliphatic heterocycles. The third-order valence-electron chi connectivity index (χ3n) is 2.91. The summed E-state index contributed by atoms with van der Waals surface area (Å²) in [7, 11) is 0. The smallest absolute Gasteiger partial charge is 0.213 e. The van der Waals surface area contributed by atoms with Crippen LogP contribution in [0.15, 0.2) is 30.3 Å². The zero-order chi connectivity index (χ0) is 12.1. The van der Waals surface area contributed by atoms with Crippen LogP contribution in [0.1, 0.15) is 0 Å². The van der Waals surface area contributed by atoms with Crippen molar-refractivity contribution in [1.29, 1.82) is 5.41 Å². The van der Waals surface area contributed by atoms with Gasteiger partial charge in [0.1, 0.15) is 0 Å². The van der Waals surface area contributed by atoms with Gasteiger partial charge < -0.3 is 9.80 Å². The summed E-state index contributed by atoms with van der Waals surface area (Å²) in [6, 6.07) is 10.2. The van der Waals surface area contributed by atoms with Crippen LogP contribution in [0.5, 0.6) is 0 Å². The molecule has 0 radical (unpaired) electrons. The van der Waals surface area contributed by atoms with E-state index < -0.39 is 0 Å². The molecule has 2 rings (SSSR count). The van der Waals surface area contributed by atoms with Gasteiger partial charge in [0.2, 0.25) is 6.41 Å². The second-order valence-corrected chi connectivity index (χ2v) is 3.92. The van der Waals surface area contributed by atoms with Gasteiger partial charge in [-0.25, -0.2) is 0 Å². The summed E-state index contributed by atoms with van der Waals surface area (Å²) >= 11 is 0. The Balaban J connectivity index is 1.90. The van der Waals surface area contributed by atoms with Gasteiger partial charge in [0, 0.05) is 31.9 Å². The predicted octanol–water partition coefficient (Wildman–Crippen LogP) is 0.489. The second-order valence-electron chi connectivity index (χ2n) is 3.92. The fraction of sp³-hybridized carbons (Fsp3) is 0.333. The van der Waals surface area contributed by atoms with Gasteiger partial charge in [-0.15, -0.1) is 0 Å². The van der Waals surface area contributed by atoms with Crippen LogP contribution in [0.3, 0.4) is 0 Å². The number of hydrogen-bond donors (Lipinski definition) is 2. The molecular formula is C12H16N4O. The number of anilines is 1. The first-order valence-electron chi connectivity index (χ1n) is 5.65. The van der Waals surface area contributed by atoms with Crippen molar-refractivity contribution in [2.75, 3.05) is 31.1 Å². The van der Waals surface area contributed by atoms with Gasteiger partial charge in [-0.1, -0.05) is 18.2 Å². The van der Waals surface area contributed by atoms with Crippen molar-refractivity contribution in [2.24, 2.45) is 0 Å². The van der Waals surface area contributed by atoms with E-state index in [0.29, 0.717) is 6.41 Å². The number of nitrogens with one attached hydrogen (secondary N) is 2. The largest absolute Gasteiger partial charge is 0.368 e. The lowest BCUT2D eigenvalue weighted by atomic mass is 10.2. The van der Waals surface area contributed by atoms with Crippen molar-refractivity contribution in [2.45, 2.75) is 0 Å². The maximum Gasteiger partial charge on any atom is 0.213 e. The summed E-state index contributed by atoms with van der Waals surface area (Å²) in [4.78, 5) is 14.4. The lowest BCUT2D eigenvalue weighted by Crippen LogP contribution is -2.52. The summed E-state index contributed by atoms with van der Waals surface area (Å²) in [6.07, 6.45) is 0.548. The average Bonchev–Trinajstić information content (AvgIpc) is 2.40. The number of rotatable bonds is 2. The van der Waals surface area contributed by atoms with Crippen LogP contribution in [-0.4, -0.2) is 43.4 Å². The summed E-state index contributed by atoms with van der Waals surface area (Å²) in [5.74, 6) is 0.188. The van der Waals surface area contributed by atoms with E-state index in [-0.39, 0.29) is 5.96 Å². The lowest BCUT2D eigenvalue weighted by molar-refractivity contribution is -0.108. The van der Waals surface area contributed by atoms with Crippen molar-refractivity contribution in [3.8, 4) is 0 Å². The van der Waals surface area contributed by atoms with Crippen molar-refractivity contribution in [3.05, 3.63) is 30.3 Å². The highest BCUT2D eigenvalue weighted by Crippen LogP contribution is 2.15. The number of guanidine groups is 1. The van der Waals surface area contributed by atoms with Gasteiger partial charge in [-0.2, -0.15) is 0 Å². The number of para-hydroxylation sites is 1. The number of benzene rings is 1. The Morgan fingerprint density at radius 3 is 2.41 bits per heavy atom. The molecule has 0 spiro atoms. The summed E-state index contributed by atoms with van der Waals surface area (Å²) in [6.45, 7) is 3.25. The molecule has 1 saturated heterocycles. The normalized spacial score (nSPS) is 15.5. The van der Waals surface area contributed by atoms with E-state index in [9.17, 15) is 4.79 Å². The quantitative estimate of drug-likeness (QED) is 0.443. The third-order valence-corrected chi connectivity index (χ3v) is 2.91. The average molecular weight is 232 g/mol. The standard InChI is InChI=1S/C12H16N4O/c13-12(14-10-17)16-8-6-15(7-9-16)11-4-2-1-3-5-11/h1-5,10H,6-9H2,(H2,13,14,17). The molecule has 90 valence electrons. The van der Waals surface area contributed by atoms with E-state index in [1.54, 1.807) is 0 Å². The Morgan fingerprint density at radius 1 is 1.18 bits per heavy atom. The van der Waals surface area contributed by atoms with Crippen molar-refractivity contribution >= 4 is 18.1 Å². The van der Waals surface area contributed by atoms with Gasteiger partial charge in [0.05, 0.1) is 0 Å². The molecule has 1 fully saturated rings. The van der Waals surface area contributed by atoms with Crippen LogP contribution in [0.4, 0.5) is 5.69 Å². The minimum atomic E-state index is 0.188. The van der Waals surface area contributed by atoms with E-state index in [1.807, 2.05) is 23.1 Å². The molecule has 0 aromatic heterocycles. The van der Waals surface area contributed by atoms with Gasteiger partial charge in [-0.3, -0.25) is 15.5 Å². The lowest BCUT2D eigenvalue weighted by Gasteiger charge is -2.36. The van der Waals surface area contributed by atoms with Crippen LogP contribution in [0, 0.1) is 5.41 Å². The Kier molecular flexibility index (Phi) is 3.59. The molecule has 17 heavy (non-hydrogen) atoms. The molecule has 5 nitrogen and oxygen atoms in total.